The van der Waals surface area contributed by atoms with Gasteiger partial charge >= 0.3 is 17.9 Å². The minimum Gasteiger partial charge on any atom is -0.478 e. The summed E-state index contributed by atoms with van der Waals surface area (Å²) in [7, 11) is 2.48. The van der Waals surface area contributed by atoms with Gasteiger partial charge in [0.25, 0.3) is 0 Å². The molecule has 162 valence electrons. The van der Waals surface area contributed by atoms with Crippen LogP contribution >= 0.6 is 11.8 Å². The van der Waals surface area contributed by atoms with Gasteiger partial charge in [-0.3, -0.25) is 0 Å². The number of nitrogens with zero attached hydrogens (tertiary/aromatic N) is 1. The predicted molar refractivity (Wildman–Crippen MR) is 114 cm³/mol. The first-order chi connectivity index (χ1) is 15.0. The summed E-state index contributed by atoms with van der Waals surface area (Å²) < 4.78 is 15.1. The van der Waals surface area contributed by atoms with Gasteiger partial charge in [-0.1, -0.05) is 24.3 Å². The molecule has 3 rings (SSSR count). The Kier molecular flexibility index (Phi) is 7.32. The van der Waals surface area contributed by atoms with Gasteiger partial charge in [-0.2, -0.15) is 0 Å². The summed E-state index contributed by atoms with van der Waals surface area (Å²) in [5.41, 5.74) is 2.03. The quantitative estimate of drug-likeness (QED) is 0.511. The van der Waals surface area contributed by atoms with Crippen molar-refractivity contribution < 1.29 is 33.7 Å². The number of hydrogen-bond donors (Lipinski definition) is 1. The molecule has 0 spiro atoms. The van der Waals surface area contributed by atoms with Crippen LogP contribution in [-0.4, -0.2) is 50.6 Å². The summed E-state index contributed by atoms with van der Waals surface area (Å²) in [4.78, 5) is 38.0. The minimum atomic E-state index is -0.966. The fraction of sp³-hybridized carbons (Fsp3) is 0.227. The Hall–Kier alpha value is -3.30. The molecule has 9 heteroatoms. The molecule has 0 atom stereocenters. The minimum absolute atomic E-state index is 0.0503. The Balaban J connectivity index is 1.81. The van der Waals surface area contributed by atoms with Crippen molar-refractivity contribution in [1.29, 1.82) is 0 Å². The third-order valence-electron chi connectivity index (χ3n) is 4.59. The van der Waals surface area contributed by atoms with Crippen molar-refractivity contribution >= 4 is 35.4 Å². The molecule has 0 radical (unpaired) electrons. The average Bonchev–Trinajstić information content (AvgIpc) is 2.81. The lowest BCUT2D eigenvalue weighted by molar-refractivity contribution is -0.140. The van der Waals surface area contributed by atoms with E-state index in [-0.39, 0.29) is 30.2 Å². The summed E-state index contributed by atoms with van der Waals surface area (Å²) in [6.07, 6.45) is 0. The second-order valence-corrected chi connectivity index (χ2v) is 7.49. The Morgan fingerprint density at radius 1 is 1.03 bits per heavy atom. The van der Waals surface area contributed by atoms with Gasteiger partial charge in [0.2, 0.25) is 0 Å². The summed E-state index contributed by atoms with van der Waals surface area (Å²) in [5.74, 6) is -1.72. The van der Waals surface area contributed by atoms with Crippen molar-refractivity contribution in [1.82, 2.24) is 0 Å². The van der Waals surface area contributed by atoms with E-state index < -0.39 is 17.9 Å². The van der Waals surface area contributed by atoms with Gasteiger partial charge < -0.3 is 24.2 Å². The lowest BCUT2D eigenvalue weighted by Gasteiger charge is -2.31. The van der Waals surface area contributed by atoms with Crippen molar-refractivity contribution in [3.63, 3.8) is 0 Å². The molecule has 0 saturated heterocycles. The van der Waals surface area contributed by atoms with Crippen molar-refractivity contribution in [2.75, 3.05) is 32.5 Å². The van der Waals surface area contributed by atoms with Gasteiger partial charge in [-0.05, 0) is 29.8 Å². The van der Waals surface area contributed by atoms with Crippen LogP contribution in [0.25, 0.3) is 0 Å². The van der Waals surface area contributed by atoms with Crippen LogP contribution in [0.2, 0.25) is 0 Å². The predicted octanol–water partition coefficient (Wildman–Crippen LogP) is 3.07. The topological polar surface area (TPSA) is 102 Å². The van der Waals surface area contributed by atoms with E-state index in [1.165, 1.54) is 26.0 Å². The number of methoxy groups -OCH3 is 2. The Bertz CT molecular complexity index is 1020. The number of thioether (sulfide) groups is 1. The highest BCUT2D eigenvalue weighted by atomic mass is 32.2. The van der Waals surface area contributed by atoms with E-state index in [9.17, 15) is 19.5 Å². The number of rotatable bonds is 7. The standard InChI is InChI=1S/C22H21NO7S/c1-28-21(26)17-11-30-13-23(19(17)22(27)29-2)15-9-7-14(8-10-15)12-31-18-6-4-3-5-16(18)20(24)25/h3-10H,11-13H2,1-2H3,(H,24,25). The highest BCUT2D eigenvalue weighted by molar-refractivity contribution is 7.98. The van der Waals surface area contributed by atoms with Crippen molar-refractivity contribution in [2.45, 2.75) is 10.6 Å². The third kappa shape index (κ3) is 5.07. The number of carbonyl (C=O) groups is 3. The van der Waals surface area contributed by atoms with Gasteiger partial charge in [-0.15, -0.1) is 11.8 Å². The van der Waals surface area contributed by atoms with E-state index in [0.29, 0.717) is 16.3 Å². The van der Waals surface area contributed by atoms with Gasteiger partial charge in [0.1, 0.15) is 12.4 Å². The zero-order valence-electron chi connectivity index (χ0n) is 17.0. The van der Waals surface area contributed by atoms with E-state index in [1.807, 2.05) is 12.1 Å². The van der Waals surface area contributed by atoms with E-state index in [2.05, 4.69) is 0 Å². The highest BCUT2D eigenvalue weighted by Gasteiger charge is 2.32. The number of aromatic carboxylic acids is 1. The Morgan fingerprint density at radius 2 is 1.71 bits per heavy atom. The number of carboxylic acid groups (broad SMARTS) is 1. The number of ether oxygens (including phenoxy) is 3. The molecule has 8 nitrogen and oxygen atoms in total. The fourth-order valence-electron chi connectivity index (χ4n) is 3.05. The fourth-order valence-corrected chi connectivity index (χ4v) is 4.05. The smallest absolute Gasteiger partial charge is 0.355 e. The second-order valence-electron chi connectivity index (χ2n) is 6.47. The van der Waals surface area contributed by atoms with Gasteiger partial charge in [-0.25, -0.2) is 14.4 Å². The first-order valence-corrected chi connectivity index (χ1v) is 10.2. The summed E-state index contributed by atoms with van der Waals surface area (Å²) in [5, 5.41) is 9.31. The molecule has 1 aliphatic rings. The molecule has 1 aliphatic heterocycles. The molecular weight excluding hydrogens is 422 g/mol. The zero-order valence-corrected chi connectivity index (χ0v) is 17.8. The molecule has 0 aliphatic carbocycles. The first-order valence-electron chi connectivity index (χ1n) is 9.25. The normalized spacial score (nSPS) is 13.7. The van der Waals surface area contributed by atoms with Crippen LogP contribution in [-0.2, 0) is 29.6 Å². The van der Waals surface area contributed by atoms with Gasteiger partial charge in [0.15, 0.2) is 0 Å². The number of hydrogen-bond acceptors (Lipinski definition) is 8. The van der Waals surface area contributed by atoms with E-state index in [1.54, 1.807) is 41.3 Å². The molecule has 0 saturated carbocycles. The number of esters is 2. The molecular formula is C22H21NO7S. The van der Waals surface area contributed by atoms with Crippen LogP contribution in [0.3, 0.4) is 0 Å². The number of benzene rings is 2. The van der Waals surface area contributed by atoms with E-state index in [0.717, 1.165) is 5.56 Å². The largest absolute Gasteiger partial charge is 0.478 e. The molecule has 0 amide bonds. The third-order valence-corrected chi connectivity index (χ3v) is 5.74. The van der Waals surface area contributed by atoms with Crippen molar-refractivity contribution in [2.24, 2.45) is 0 Å². The van der Waals surface area contributed by atoms with Crippen molar-refractivity contribution in [3.05, 3.63) is 70.9 Å². The van der Waals surface area contributed by atoms with Gasteiger partial charge in [0, 0.05) is 16.3 Å². The lowest BCUT2D eigenvalue weighted by atomic mass is 10.1. The summed E-state index contributed by atoms with van der Waals surface area (Å²) >= 11 is 1.42. The van der Waals surface area contributed by atoms with Crippen LogP contribution in [0.1, 0.15) is 15.9 Å². The molecule has 31 heavy (non-hydrogen) atoms. The van der Waals surface area contributed by atoms with Crippen LogP contribution in [0, 0.1) is 0 Å². The Labute approximate surface area is 183 Å². The zero-order chi connectivity index (χ0) is 22.4. The van der Waals surface area contributed by atoms with Crippen molar-refractivity contribution in [3.8, 4) is 0 Å². The second kappa shape index (κ2) is 10.1. The van der Waals surface area contributed by atoms with Crippen LogP contribution in [0.15, 0.2) is 64.7 Å². The molecule has 0 unspecified atom stereocenters. The number of carbonyl (C=O) groups excluding carboxylic acids is 2. The van der Waals surface area contributed by atoms with E-state index in [4.69, 9.17) is 14.2 Å². The van der Waals surface area contributed by atoms with Crippen LogP contribution < -0.4 is 4.90 Å². The lowest BCUT2D eigenvalue weighted by Crippen LogP contribution is -2.38. The highest BCUT2D eigenvalue weighted by Crippen LogP contribution is 2.30. The number of anilines is 1. The number of carboxylic acids is 1. The maximum absolute atomic E-state index is 12.4. The Morgan fingerprint density at radius 3 is 2.35 bits per heavy atom. The monoisotopic (exact) mass is 443 g/mol. The maximum Gasteiger partial charge on any atom is 0.355 e. The average molecular weight is 443 g/mol. The molecule has 1 heterocycles. The SMILES string of the molecule is COC(=O)C1=C(C(=O)OC)N(c2ccc(CSc3ccccc3C(=O)O)cc2)COC1. The molecule has 0 bridgehead atoms. The molecule has 1 N–H and O–H groups in total. The molecule has 2 aromatic rings. The molecule has 2 aromatic carbocycles. The molecule has 0 aromatic heterocycles. The van der Waals surface area contributed by atoms with Crippen LogP contribution in [0.4, 0.5) is 5.69 Å². The summed E-state index contributed by atoms with van der Waals surface area (Å²) in [6.45, 7) is 0.0241. The molecule has 0 fully saturated rings. The van der Waals surface area contributed by atoms with Crippen LogP contribution in [0.5, 0.6) is 0 Å². The summed E-state index contributed by atoms with van der Waals surface area (Å²) in [6, 6.07) is 14.2. The maximum atomic E-state index is 12.4. The first kappa shape index (κ1) is 22.4. The van der Waals surface area contributed by atoms with E-state index >= 15 is 0 Å². The van der Waals surface area contributed by atoms with Gasteiger partial charge in [0.05, 0.1) is 32.0 Å².